The highest BCUT2D eigenvalue weighted by molar-refractivity contribution is 7.90. The fourth-order valence-corrected chi connectivity index (χ4v) is 4.27. The number of benzene rings is 1. The highest BCUT2D eigenvalue weighted by Crippen LogP contribution is 2.33. The first-order chi connectivity index (χ1) is 14.6. The van der Waals surface area contributed by atoms with E-state index >= 15 is 0 Å². The molecule has 0 saturated heterocycles. The van der Waals surface area contributed by atoms with Crippen molar-refractivity contribution < 1.29 is 36.3 Å². The number of anilines is 1. The summed E-state index contributed by atoms with van der Waals surface area (Å²) in [6.07, 6.45) is 0.990. The lowest BCUT2D eigenvalue weighted by Crippen LogP contribution is -2.49. The number of hydrogen-bond donors (Lipinski definition) is 3. The Morgan fingerprint density at radius 1 is 1.32 bits per heavy atom. The number of nitrogens with one attached hydrogen (secondary N) is 2. The van der Waals surface area contributed by atoms with Crippen LogP contribution < -0.4 is 10.6 Å². The van der Waals surface area contributed by atoms with Gasteiger partial charge in [0.05, 0.1) is 23.9 Å². The zero-order valence-corrected chi connectivity index (χ0v) is 16.1. The summed E-state index contributed by atoms with van der Waals surface area (Å²) in [5.74, 6) is -5.41. The largest absolute Gasteiger partial charge is 0.394 e. The van der Waals surface area contributed by atoms with Crippen molar-refractivity contribution in [3.8, 4) is 6.07 Å². The second-order valence-corrected chi connectivity index (χ2v) is 7.98. The third-order valence-corrected chi connectivity index (χ3v) is 5.99. The van der Waals surface area contributed by atoms with Crippen LogP contribution in [-0.2, 0) is 14.8 Å². The third-order valence-electron chi connectivity index (χ3n) is 4.20. The van der Waals surface area contributed by atoms with Crippen LogP contribution in [0.4, 0.5) is 23.7 Å². The minimum Gasteiger partial charge on any atom is -0.394 e. The van der Waals surface area contributed by atoms with Gasteiger partial charge >= 0.3 is 6.03 Å². The zero-order chi connectivity index (χ0) is 22.9. The van der Waals surface area contributed by atoms with Gasteiger partial charge in [0.2, 0.25) is 5.91 Å². The summed E-state index contributed by atoms with van der Waals surface area (Å²) in [5.41, 5.74) is -1.06. The van der Waals surface area contributed by atoms with Crippen LogP contribution in [0.15, 0.2) is 29.3 Å². The minimum absolute atomic E-state index is 0.0375. The molecule has 0 spiro atoms. The number of rotatable bonds is 5. The molecule has 1 atom stereocenters. The molecule has 14 heteroatoms. The van der Waals surface area contributed by atoms with Crippen LogP contribution in [0.5, 0.6) is 0 Å². The second-order valence-electron chi connectivity index (χ2n) is 6.19. The SMILES string of the molecule is N#Cc1cnc([C@H](CO)NC(=O)CN2C(=O)Nc3ccc(F)c(F)c3S2(=O)=O)c(F)c1. The smallest absolute Gasteiger partial charge is 0.336 e. The minimum atomic E-state index is -4.95. The van der Waals surface area contributed by atoms with E-state index in [0.717, 1.165) is 18.3 Å². The Labute approximate surface area is 173 Å². The number of amides is 3. The van der Waals surface area contributed by atoms with Crippen molar-refractivity contribution in [2.45, 2.75) is 10.9 Å². The molecule has 3 N–H and O–H groups in total. The maximum Gasteiger partial charge on any atom is 0.336 e. The molecule has 0 unspecified atom stereocenters. The Bertz CT molecular complexity index is 1230. The Hall–Kier alpha value is -3.70. The molecule has 3 rings (SSSR count). The average molecular weight is 455 g/mol. The molecule has 0 saturated carbocycles. The molecule has 1 aromatic heterocycles. The Balaban J connectivity index is 1.85. The molecule has 31 heavy (non-hydrogen) atoms. The highest BCUT2D eigenvalue weighted by Gasteiger charge is 2.41. The molecule has 0 aliphatic carbocycles. The molecule has 162 valence electrons. The van der Waals surface area contributed by atoms with Crippen LogP contribution in [0.2, 0.25) is 0 Å². The van der Waals surface area contributed by atoms with E-state index in [0.29, 0.717) is 6.07 Å². The van der Waals surface area contributed by atoms with Gasteiger partial charge in [0.1, 0.15) is 29.0 Å². The first kappa shape index (κ1) is 22.0. The lowest BCUT2D eigenvalue weighted by molar-refractivity contribution is -0.122. The first-order valence-corrected chi connectivity index (χ1v) is 9.81. The van der Waals surface area contributed by atoms with Gasteiger partial charge in [0.15, 0.2) is 11.6 Å². The number of hydrogen-bond acceptors (Lipinski definition) is 7. The van der Waals surface area contributed by atoms with Crippen molar-refractivity contribution in [2.75, 3.05) is 18.5 Å². The molecular formula is C17H12F3N5O5S. The third kappa shape index (κ3) is 4.00. The van der Waals surface area contributed by atoms with Gasteiger partial charge < -0.3 is 15.7 Å². The van der Waals surface area contributed by atoms with Crippen LogP contribution in [-0.4, -0.2) is 47.9 Å². The van der Waals surface area contributed by atoms with Crippen LogP contribution in [0.1, 0.15) is 17.3 Å². The fourth-order valence-electron chi connectivity index (χ4n) is 2.77. The average Bonchev–Trinajstić information content (AvgIpc) is 2.72. The van der Waals surface area contributed by atoms with Crippen molar-refractivity contribution in [3.05, 3.63) is 53.1 Å². The number of aromatic nitrogens is 1. The molecule has 1 aliphatic heterocycles. The molecule has 0 radical (unpaired) electrons. The van der Waals surface area contributed by atoms with Gasteiger partial charge in [-0.15, -0.1) is 0 Å². The van der Waals surface area contributed by atoms with Gasteiger partial charge in [-0.1, -0.05) is 0 Å². The van der Waals surface area contributed by atoms with Crippen molar-refractivity contribution in [1.82, 2.24) is 14.6 Å². The summed E-state index contributed by atoms with van der Waals surface area (Å²) in [6, 6.07) is 1.18. The summed E-state index contributed by atoms with van der Waals surface area (Å²) < 4.78 is 66.8. The maximum absolute atomic E-state index is 14.1. The molecule has 3 amide bonds. The standard InChI is InChI=1S/C17H12F3N5O5S/c18-9-1-2-11-16(14(9)20)31(29,30)25(17(28)24-11)6-13(27)23-12(7-26)15-10(19)3-8(4-21)5-22-15/h1-3,5,12,26H,6-7H2,(H,23,27)(H,24,28)/t12-/m0/s1. The van der Waals surface area contributed by atoms with Crippen molar-refractivity contribution >= 4 is 27.6 Å². The number of fused-ring (bicyclic) bond motifs is 1. The number of sulfonamides is 1. The van der Waals surface area contributed by atoms with E-state index in [9.17, 15) is 36.3 Å². The Morgan fingerprint density at radius 2 is 2.03 bits per heavy atom. The van der Waals surface area contributed by atoms with E-state index in [1.807, 2.05) is 5.32 Å². The van der Waals surface area contributed by atoms with Gasteiger partial charge in [-0.05, 0) is 18.2 Å². The topological polar surface area (TPSA) is 152 Å². The van der Waals surface area contributed by atoms with E-state index < -0.39 is 74.9 Å². The van der Waals surface area contributed by atoms with Gasteiger partial charge in [-0.3, -0.25) is 9.78 Å². The predicted octanol–water partition coefficient (Wildman–Crippen LogP) is 0.757. The summed E-state index contributed by atoms with van der Waals surface area (Å²) in [7, 11) is -4.95. The lowest BCUT2D eigenvalue weighted by Gasteiger charge is -2.29. The van der Waals surface area contributed by atoms with Crippen LogP contribution >= 0.6 is 0 Å². The quantitative estimate of drug-likeness (QED) is 0.602. The van der Waals surface area contributed by atoms with Gasteiger partial charge in [-0.2, -0.15) is 5.26 Å². The number of nitrogens with zero attached hydrogens (tertiary/aromatic N) is 3. The number of aliphatic hydroxyl groups is 1. The number of pyridine rings is 1. The van der Waals surface area contributed by atoms with Gasteiger partial charge in [0, 0.05) is 6.20 Å². The number of carbonyl (C=O) groups excluding carboxylic acids is 2. The zero-order valence-electron chi connectivity index (χ0n) is 15.3. The number of nitriles is 1. The molecule has 0 fully saturated rings. The molecular weight excluding hydrogens is 443 g/mol. The summed E-state index contributed by atoms with van der Waals surface area (Å²) >= 11 is 0. The predicted molar refractivity (Wildman–Crippen MR) is 96.1 cm³/mol. The van der Waals surface area contributed by atoms with Crippen LogP contribution in [0.3, 0.4) is 0 Å². The normalized spacial score (nSPS) is 15.5. The van der Waals surface area contributed by atoms with E-state index in [4.69, 9.17) is 5.26 Å². The van der Waals surface area contributed by atoms with Crippen molar-refractivity contribution in [1.29, 1.82) is 5.26 Å². The van der Waals surface area contributed by atoms with E-state index in [-0.39, 0.29) is 9.87 Å². The van der Waals surface area contributed by atoms with E-state index in [2.05, 4.69) is 10.3 Å². The number of urea groups is 1. The van der Waals surface area contributed by atoms with E-state index in [1.54, 1.807) is 6.07 Å². The number of halogens is 3. The fraction of sp³-hybridized carbons (Fsp3) is 0.176. The Morgan fingerprint density at radius 3 is 2.65 bits per heavy atom. The summed E-state index contributed by atoms with van der Waals surface area (Å²) in [5, 5.41) is 22.3. The molecule has 2 aromatic rings. The van der Waals surface area contributed by atoms with Crippen molar-refractivity contribution in [2.24, 2.45) is 0 Å². The van der Waals surface area contributed by atoms with Crippen molar-refractivity contribution in [3.63, 3.8) is 0 Å². The monoisotopic (exact) mass is 455 g/mol. The molecule has 1 aliphatic rings. The highest BCUT2D eigenvalue weighted by atomic mass is 32.2. The number of carbonyl (C=O) groups is 2. The van der Waals surface area contributed by atoms with Crippen LogP contribution in [0.25, 0.3) is 0 Å². The van der Waals surface area contributed by atoms with Gasteiger partial charge in [-0.25, -0.2) is 30.7 Å². The Kier molecular flexibility index (Phi) is 5.82. The molecule has 0 bridgehead atoms. The lowest BCUT2D eigenvalue weighted by atomic mass is 10.1. The van der Waals surface area contributed by atoms with E-state index in [1.165, 1.54) is 0 Å². The van der Waals surface area contributed by atoms with Gasteiger partial charge in [0.25, 0.3) is 10.0 Å². The summed E-state index contributed by atoms with van der Waals surface area (Å²) in [6.45, 7) is -2.04. The molecule has 10 nitrogen and oxygen atoms in total. The summed E-state index contributed by atoms with van der Waals surface area (Å²) in [4.78, 5) is 26.9. The second kappa shape index (κ2) is 8.20. The van der Waals surface area contributed by atoms with Crippen LogP contribution in [0, 0.1) is 28.8 Å². The number of aliphatic hydroxyl groups excluding tert-OH is 1. The molecule has 1 aromatic carbocycles. The maximum atomic E-state index is 14.1. The first-order valence-electron chi connectivity index (χ1n) is 8.37. The molecule has 2 heterocycles.